The van der Waals surface area contributed by atoms with Gasteiger partial charge in [0.15, 0.2) is 0 Å². The first-order valence-electron chi connectivity index (χ1n) is 10.5. The van der Waals surface area contributed by atoms with Gasteiger partial charge in [-0.15, -0.1) is 13.2 Å². The Labute approximate surface area is 202 Å². The van der Waals surface area contributed by atoms with E-state index in [9.17, 15) is 23.2 Å². The van der Waals surface area contributed by atoms with Gasteiger partial charge >= 0.3 is 6.36 Å². The van der Waals surface area contributed by atoms with Crippen molar-refractivity contribution in [1.82, 2.24) is 30.6 Å². The van der Waals surface area contributed by atoms with Gasteiger partial charge in [-0.1, -0.05) is 17.7 Å². The molecule has 1 atom stereocenters. The second-order valence-electron chi connectivity index (χ2n) is 7.96. The molecule has 0 spiro atoms. The molecule has 4 rings (SSSR count). The smallest absolute Gasteiger partial charge is 0.404 e. The highest BCUT2D eigenvalue weighted by atomic mass is 35.5. The van der Waals surface area contributed by atoms with E-state index < -0.39 is 29.6 Å². The van der Waals surface area contributed by atoms with Crippen molar-refractivity contribution in [1.29, 1.82) is 5.26 Å². The van der Waals surface area contributed by atoms with Crippen LogP contribution in [0, 0.1) is 11.3 Å². The molecule has 0 unspecified atom stereocenters. The first-order valence-corrected chi connectivity index (χ1v) is 10.9. The molecule has 0 bridgehead atoms. The van der Waals surface area contributed by atoms with Gasteiger partial charge in [0, 0.05) is 18.9 Å². The maximum absolute atomic E-state index is 13.0. The number of carbonyl (C=O) groups is 1. The standard InChI is InChI=1S/C22H19ClF3N7O2/c23-17-9-14(1-2-19(17)35-22(24,25)26)10-18(20(34)31-21(13-27)5-6-21)29-11-15-12-30-33(32-15)16-3-7-28-8-4-16/h1-4,7-9,12,18,29H,5-6,10-11H2,(H,31,34)/t18-/m0/s1. The van der Waals surface area contributed by atoms with Crippen molar-refractivity contribution in [3.05, 3.63) is 65.2 Å². The molecule has 1 aromatic carbocycles. The number of alkyl halides is 3. The van der Waals surface area contributed by atoms with Gasteiger partial charge < -0.3 is 10.1 Å². The molecule has 0 saturated heterocycles. The molecular formula is C22H19ClF3N7O2. The number of hydrogen-bond acceptors (Lipinski definition) is 7. The molecule has 1 saturated carbocycles. The average molecular weight is 506 g/mol. The first-order chi connectivity index (χ1) is 16.7. The van der Waals surface area contributed by atoms with Crippen LogP contribution < -0.4 is 15.4 Å². The lowest BCUT2D eigenvalue weighted by molar-refractivity contribution is -0.274. The van der Waals surface area contributed by atoms with Crippen LogP contribution in [0.4, 0.5) is 13.2 Å². The average Bonchev–Trinajstić information content (AvgIpc) is 3.43. The van der Waals surface area contributed by atoms with Gasteiger partial charge in [-0.3, -0.25) is 15.1 Å². The Morgan fingerprint density at radius 2 is 2.03 bits per heavy atom. The third kappa shape index (κ3) is 6.46. The third-order valence-electron chi connectivity index (χ3n) is 5.27. The van der Waals surface area contributed by atoms with Crippen molar-refractivity contribution in [2.75, 3.05) is 0 Å². The van der Waals surface area contributed by atoms with Gasteiger partial charge in [0.05, 0.1) is 34.7 Å². The molecule has 0 aliphatic heterocycles. The molecule has 1 aliphatic carbocycles. The van der Waals surface area contributed by atoms with E-state index in [0.717, 1.165) is 6.07 Å². The zero-order valence-corrected chi connectivity index (χ0v) is 18.8. The maximum atomic E-state index is 13.0. The number of aromatic nitrogens is 4. The van der Waals surface area contributed by atoms with Crippen molar-refractivity contribution < 1.29 is 22.7 Å². The lowest BCUT2D eigenvalue weighted by Crippen LogP contribution is -2.49. The molecule has 2 N–H and O–H groups in total. The van der Waals surface area contributed by atoms with Crippen molar-refractivity contribution in [2.24, 2.45) is 0 Å². The summed E-state index contributed by atoms with van der Waals surface area (Å²) < 4.78 is 41.5. The summed E-state index contributed by atoms with van der Waals surface area (Å²) >= 11 is 5.96. The van der Waals surface area contributed by atoms with Gasteiger partial charge in [0.2, 0.25) is 5.91 Å². The Balaban J connectivity index is 1.48. The molecule has 1 amide bonds. The lowest BCUT2D eigenvalue weighted by atomic mass is 10.0. The highest BCUT2D eigenvalue weighted by Gasteiger charge is 2.45. The van der Waals surface area contributed by atoms with Crippen LogP contribution in [0.25, 0.3) is 5.69 Å². The van der Waals surface area contributed by atoms with Gasteiger partial charge in [-0.2, -0.15) is 20.3 Å². The van der Waals surface area contributed by atoms with E-state index in [1.165, 1.54) is 16.9 Å². The van der Waals surface area contributed by atoms with Crippen LogP contribution in [-0.4, -0.2) is 43.8 Å². The van der Waals surface area contributed by atoms with E-state index in [0.29, 0.717) is 29.8 Å². The van der Waals surface area contributed by atoms with Gasteiger partial charge in [-0.05, 0) is 49.1 Å². The Bertz CT molecular complexity index is 1240. The van der Waals surface area contributed by atoms with Crippen LogP contribution in [0.3, 0.4) is 0 Å². The molecule has 3 aromatic rings. The number of rotatable bonds is 9. The Morgan fingerprint density at radius 3 is 2.66 bits per heavy atom. The second-order valence-corrected chi connectivity index (χ2v) is 8.37. The van der Waals surface area contributed by atoms with Crippen LogP contribution in [0.1, 0.15) is 24.1 Å². The van der Waals surface area contributed by atoms with E-state index in [1.807, 2.05) is 0 Å². The quantitative estimate of drug-likeness (QED) is 0.459. The lowest BCUT2D eigenvalue weighted by Gasteiger charge is -2.20. The van der Waals surface area contributed by atoms with E-state index in [-0.39, 0.29) is 18.0 Å². The summed E-state index contributed by atoms with van der Waals surface area (Å²) in [6.45, 7) is 0.172. The Morgan fingerprint density at radius 1 is 1.29 bits per heavy atom. The molecule has 2 heterocycles. The summed E-state index contributed by atoms with van der Waals surface area (Å²) in [5.74, 6) is -0.955. The molecule has 35 heavy (non-hydrogen) atoms. The number of nitriles is 1. The normalized spacial score (nSPS) is 15.2. The minimum atomic E-state index is -4.88. The minimum absolute atomic E-state index is 0.0951. The van der Waals surface area contributed by atoms with Crippen LogP contribution in [-0.2, 0) is 17.8 Å². The van der Waals surface area contributed by atoms with Crippen LogP contribution in [0.2, 0.25) is 5.02 Å². The van der Waals surface area contributed by atoms with Crippen LogP contribution in [0.5, 0.6) is 5.75 Å². The Kier molecular flexibility index (Phi) is 6.90. The van der Waals surface area contributed by atoms with E-state index in [1.54, 1.807) is 30.7 Å². The van der Waals surface area contributed by atoms with Gasteiger partial charge in [0.1, 0.15) is 11.3 Å². The summed E-state index contributed by atoms with van der Waals surface area (Å²) in [6.07, 6.45) is 1.08. The zero-order valence-electron chi connectivity index (χ0n) is 18.1. The van der Waals surface area contributed by atoms with E-state index in [2.05, 4.69) is 36.6 Å². The predicted octanol–water partition coefficient (Wildman–Crippen LogP) is 3.09. The summed E-state index contributed by atoms with van der Waals surface area (Å²) in [6, 6.07) is 8.55. The summed E-state index contributed by atoms with van der Waals surface area (Å²) in [5, 5.41) is 23.5. The van der Waals surface area contributed by atoms with Gasteiger partial charge in [0.25, 0.3) is 0 Å². The van der Waals surface area contributed by atoms with Crippen molar-refractivity contribution in [2.45, 2.75) is 43.8 Å². The number of ether oxygens (including phenoxy) is 1. The number of benzene rings is 1. The van der Waals surface area contributed by atoms with Crippen LogP contribution in [0.15, 0.2) is 48.9 Å². The number of nitrogens with zero attached hydrogens (tertiary/aromatic N) is 5. The molecule has 13 heteroatoms. The summed E-state index contributed by atoms with van der Waals surface area (Å²) in [5.41, 5.74) is 0.872. The number of amides is 1. The molecule has 9 nitrogen and oxygen atoms in total. The molecular weight excluding hydrogens is 487 g/mol. The highest BCUT2D eigenvalue weighted by Crippen LogP contribution is 2.34. The summed E-state index contributed by atoms with van der Waals surface area (Å²) in [7, 11) is 0. The second kappa shape index (κ2) is 9.89. The topological polar surface area (TPSA) is 118 Å². The van der Waals surface area contributed by atoms with Crippen LogP contribution >= 0.6 is 11.6 Å². The minimum Gasteiger partial charge on any atom is -0.404 e. The highest BCUT2D eigenvalue weighted by molar-refractivity contribution is 6.32. The van der Waals surface area contributed by atoms with E-state index in [4.69, 9.17) is 11.6 Å². The van der Waals surface area contributed by atoms with E-state index >= 15 is 0 Å². The molecule has 182 valence electrons. The molecule has 1 fully saturated rings. The molecule has 1 aliphatic rings. The van der Waals surface area contributed by atoms with Crippen molar-refractivity contribution in [3.8, 4) is 17.5 Å². The number of hydrogen-bond donors (Lipinski definition) is 2. The number of carbonyl (C=O) groups excluding carboxylic acids is 1. The largest absolute Gasteiger partial charge is 0.573 e. The van der Waals surface area contributed by atoms with Gasteiger partial charge in [-0.25, -0.2) is 0 Å². The summed E-state index contributed by atoms with van der Waals surface area (Å²) in [4.78, 5) is 18.3. The fourth-order valence-corrected chi connectivity index (χ4v) is 3.53. The third-order valence-corrected chi connectivity index (χ3v) is 5.56. The van der Waals surface area contributed by atoms with Crippen molar-refractivity contribution in [3.63, 3.8) is 0 Å². The molecule has 2 aromatic heterocycles. The number of halogens is 4. The maximum Gasteiger partial charge on any atom is 0.573 e. The number of pyridine rings is 1. The molecule has 0 radical (unpaired) electrons. The predicted molar refractivity (Wildman–Crippen MR) is 117 cm³/mol. The fourth-order valence-electron chi connectivity index (χ4n) is 3.29. The zero-order chi connectivity index (χ0) is 25.1. The fraction of sp³-hybridized carbons (Fsp3) is 0.318. The SMILES string of the molecule is N#CC1(NC(=O)[C@H](Cc2ccc(OC(F)(F)F)c(Cl)c2)NCc2cnn(-c3ccncc3)n2)CC1. The number of nitrogens with one attached hydrogen (secondary N) is 2. The van der Waals surface area contributed by atoms with Crippen molar-refractivity contribution >= 4 is 17.5 Å². The first kappa shape index (κ1) is 24.4. The monoisotopic (exact) mass is 505 g/mol. The Hall–Kier alpha value is -3.69.